The number of carbonyl (C=O) groups is 6. The van der Waals surface area contributed by atoms with Crippen molar-refractivity contribution in [2.24, 2.45) is 22.9 Å². The number of carbonyl (C=O) groups excluding carboxylic acids is 5. The molecule has 0 aromatic rings. The number of hydrogen-bond acceptors (Lipinski definition) is 9. The van der Waals surface area contributed by atoms with E-state index in [1.807, 2.05) is 0 Å². The van der Waals surface area contributed by atoms with Crippen LogP contribution in [0.2, 0.25) is 0 Å². The summed E-state index contributed by atoms with van der Waals surface area (Å²) >= 11 is 3.83. The van der Waals surface area contributed by atoms with Crippen LogP contribution in [0.5, 0.6) is 0 Å². The van der Waals surface area contributed by atoms with Crippen LogP contribution in [0, 0.1) is 0 Å². The van der Waals surface area contributed by atoms with Gasteiger partial charge in [0.1, 0.15) is 18.1 Å². The van der Waals surface area contributed by atoms with Crippen molar-refractivity contribution in [3.8, 4) is 0 Å². The Morgan fingerprint density at radius 1 is 0.788 bits per heavy atom. The summed E-state index contributed by atoms with van der Waals surface area (Å²) in [5.41, 5.74) is 21.4. The van der Waals surface area contributed by atoms with Gasteiger partial charge in [-0.1, -0.05) is 0 Å². The normalized spacial score (nSPS) is 14.3. The van der Waals surface area contributed by atoms with E-state index in [1.165, 1.54) is 0 Å². The van der Waals surface area contributed by atoms with Gasteiger partial charge in [-0.15, -0.1) is 0 Å². The third-order valence-corrected chi connectivity index (χ3v) is 4.82. The summed E-state index contributed by atoms with van der Waals surface area (Å²) in [6.07, 6.45) is 0.342. The van der Waals surface area contributed by atoms with E-state index in [4.69, 9.17) is 28.0 Å². The number of carboxylic acids is 1. The lowest BCUT2D eigenvalue weighted by atomic mass is 10.1. The molecule has 0 saturated heterocycles. The summed E-state index contributed by atoms with van der Waals surface area (Å²) in [7, 11) is 0. The molecule has 4 unspecified atom stereocenters. The monoisotopic (exact) mass is 491 g/mol. The molecule has 0 aromatic carbocycles. The fraction of sp³-hybridized carbons (Fsp3) is 0.667. The smallest absolute Gasteiger partial charge is 0.327 e. The first-order chi connectivity index (χ1) is 15.4. The summed E-state index contributed by atoms with van der Waals surface area (Å²) in [4.78, 5) is 71.0. The minimum absolute atomic E-state index is 0.0364. The number of thiol groups is 1. The van der Waals surface area contributed by atoms with Crippen LogP contribution in [0.4, 0.5) is 0 Å². The molecule has 0 aromatic heterocycles. The first-order valence-electron chi connectivity index (χ1n) is 10.2. The first-order valence-corrected chi connectivity index (χ1v) is 10.8. The SMILES string of the molecule is NCCCCC(NC(=O)C(N)CCC(N)=O)C(=O)NC(CC(N)=O)C(=O)NC(CS)C(=O)O. The van der Waals surface area contributed by atoms with Gasteiger partial charge in [-0.2, -0.15) is 12.6 Å². The summed E-state index contributed by atoms with van der Waals surface area (Å²) in [5.74, 6) is -5.67. The number of carboxylic acid groups (broad SMARTS) is 1. The van der Waals surface area contributed by atoms with Crippen molar-refractivity contribution < 1.29 is 33.9 Å². The molecule has 0 bridgehead atoms. The second-order valence-corrected chi connectivity index (χ2v) is 7.64. The molecule has 0 rings (SSSR count). The van der Waals surface area contributed by atoms with Crippen LogP contribution in [-0.2, 0) is 28.8 Å². The third-order valence-electron chi connectivity index (χ3n) is 4.45. The lowest BCUT2D eigenvalue weighted by Gasteiger charge is -2.24. The Kier molecular flexibility index (Phi) is 14.4. The second-order valence-electron chi connectivity index (χ2n) is 7.27. The fourth-order valence-corrected chi connectivity index (χ4v) is 2.86. The van der Waals surface area contributed by atoms with Gasteiger partial charge in [0.15, 0.2) is 0 Å². The summed E-state index contributed by atoms with van der Waals surface area (Å²) in [6.45, 7) is 0.341. The second kappa shape index (κ2) is 15.8. The molecule has 0 aliphatic carbocycles. The topological polar surface area (TPSA) is 263 Å². The van der Waals surface area contributed by atoms with Crippen LogP contribution in [-0.4, -0.2) is 77.1 Å². The van der Waals surface area contributed by atoms with Crippen LogP contribution in [0.25, 0.3) is 0 Å². The Bertz CT molecular complexity index is 722. The molecule has 0 radical (unpaired) electrons. The zero-order chi connectivity index (χ0) is 25.6. The maximum absolute atomic E-state index is 12.8. The summed E-state index contributed by atoms with van der Waals surface area (Å²) < 4.78 is 0. The standard InChI is InChI=1S/C18H33N7O7S/c19-6-2-1-3-10(23-15(28)9(20)4-5-13(21)26)16(29)24-11(7-14(22)27)17(30)25-12(8-33)18(31)32/h9-12,33H,1-8,19-20H2,(H2,21,26)(H2,22,27)(H,23,28)(H,24,29)(H,25,30)(H,31,32). The van der Waals surface area contributed by atoms with Gasteiger partial charge in [0, 0.05) is 12.2 Å². The molecule has 0 spiro atoms. The molecule has 33 heavy (non-hydrogen) atoms. The van der Waals surface area contributed by atoms with Gasteiger partial charge >= 0.3 is 5.97 Å². The summed E-state index contributed by atoms with van der Waals surface area (Å²) in [6, 6.07) is -5.11. The van der Waals surface area contributed by atoms with Crippen LogP contribution in [0.1, 0.15) is 38.5 Å². The highest BCUT2D eigenvalue weighted by atomic mass is 32.1. The number of rotatable bonds is 17. The van der Waals surface area contributed by atoms with Gasteiger partial charge in [-0.05, 0) is 32.2 Å². The van der Waals surface area contributed by atoms with E-state index in [0.717, 1.165) is 0 Å². The Hall–Kier alpha value is -2.91. The highest BCUT2D eigenvalue weighted by Gasteiger charge is 2.30. The molecule has 14 nitrogen and oxygen atoms in total. The van der Waals surface area contributed by atoms with E-state index in [0.29, 0.717) is 19.4 Å². The number of aliphatic carboxylic acids is 1. The highest BCUT2D eigenvalue weighted by molar-refractivity contribution is 7.80. The lowest BCUT2D eigenvalue weighted by Crippen LogP contribution is -2.58. The van der Waals surface area contributed by atoms with E-state index in [1.54, 1.807) is 0 Å². The number of hydrogen-bond donors (Lipinski definition) is 9. The maximum atomic E-state index is 12.8. The quantitative estimate of drug-likeness (QED) is 0.0708. The Morgan fingerprint density at radius 3 is 1.82 bits per heavy atom. The van der Waals surface area contributed by atoms with Crippen molar-refractivity contribution >= 4 is 48.1 Å². The molecule has 0 aliphatic rings. The van der Waals surface area contributed by atoms with Gasteiger partial charge in [0.25, 0.3) is 0 Å². The van der Waals surface area contributed by atoms with Crippen molar-refractivity contribution in [3.63, 3.8) is 0 Å². The molecule has 12 N–H and O–H groups in total. The Balaban J connectivity index is 5.41. The van der Waals surface area contributed by atoms with Gasteiger partial charge in [0.2, 0.25) is 29.5 Å². The number of amides is 5. The van der Waals surface area contributed by atoms with Crippen molar-refractivity contribution in [1.29, 1.82) is 0 Å². The third kappa shape index (κ3) is 12.6. The largest absolute Gasteiger partial charge is 0.480 e. The van der Waals surface area contributed by atoms with E-state index in [2.05, 4.69) is 28.6 Å². The fourth-order valence-electron chi connectivity index (χ4n) is 2.61. The first kappa shape index (κ1) is 30.1. The van der Waals surface area contributed by atoms with Crippen molar-refractivity contribution in [1.82, 2.24) is 16.0 Å². The Labute approximate surface area is 196 Å². The molecule has 0 saturated carbocycles. The van der Waals surface area contributed by atoms with Crippen LogP contribution in [0.3, 0.4) is 0 Å². The van der Waals surface area contributed by atoms with E-state index >= 15 is 0 Å². The predicted molar refractivity (Wildman–Crippen MR) is 120 cm³/mol. The molecular formula is C18H33N7O7S. The van der Waals surface area contributed by atoms with Crippen LogP contribution >= 0.6 is 12.6 Å². The highest BCUT2D eigenvalue weighted by Crippen LogP contribution is 2.05. The van der Waals surface area contributed by atoms with Crippen molar-refractivity contribution in [2.45, 2.75) is 62.7 Å². The van der Waals surface area contributed by atoms with Crippen LogP contribution < -0.4 is 38.9 Å². The summed E-state index contributed by atoms with van der Waals surface area (Å²) in [5, 5.41) is 16.0. The Morgan fingerprint density at radius 2 is 1.33 bits per heavy atom. The minimum Gasteiger partial charge on any atom is -0.480 e. The van der Waals surface area contributed by atoms with Gasteiger partial charge in [-0.3, -0.25) is 24.0 Å². The number of primary amides is 2. The molecule has 4 atom stereocenters. The lowest BCUT2D eigenvalue weighted by molar-refractivity contribution is -0.141. The van der Waals surface area contributed by atoms with Crippen molar-refractivity contribution in [2.75, 3.05) is 12.3 Å². The zero-order valence-electron chi connectivity index (χ0n) is 18.1. The van der Waals surface area contributed by atoms with Gasteiger partial charge < -0.3 is 44.0 Å². The van der Waals surface area contributed by atoms with Gasteiger partial charge in [0.05, 0.1) is 12.5 Å². The molecule has 0 aliphatic heterocycles. The number of nitrogens with one attached hydrogen (secondary N) is 3. The predicted octanol–water partition coefficient (Wildman–Crippen LogP) is -3.95. The zero-order valence-corrected chi connectivity index (χ0v) is 19.0. The molecule has 15 heteroatoms. The molecule has 188 valence electrons. The van der Waals surface area contributed by atoms with Gasteiger partial charge in [-0.25, -0.2) is 4.79 Å². The molecule has 0 heterocycles. The van der Waals surface area contributed by atoms with Crippen LogP contribution in [0.15, 0.2) is 0 Å². The van der Waals surface area contributed by atoms with E-state index in [-0.39, 0.29) is 25.0 Å². The van der Waals surface area contributed by atoms with E-state index < -0.39 is 66.1 Å². The van der Waals surface area contributed by atoms with Crippen molar-refractivity contribution in [3.05, 3.63) is 0 Å². The number of unbranched alkanes of at least 4 members (excludes halogenated alkanes) is 1. The molecule has 0 fully saturated rings. The minimum atomic E-state index is -1.49. The average molecular weight is 492 g/mol. The molecule has 5 amide bonds. The maximum Gasteiger partial charge on any atom is 0.327 e. The average Bonchev–Trinajstić information content (AvgIpc) is 2.73. The molecular weight excluding hydrogens is 458 g/mol. The number of nitrogens with two attached hydrogens (primary N) is 4. The van der Waals surface area contributed by atoms with E-state index in [9.17, 15) is 28.8 Å².